The number of carbonyl (C=O) groups is 1. The van der Waals surface area contributed by atoms with Crippen molar-refractivity contribution in [1.29, 1.82) is 0 Å². The molecule has 0 aliphatic carbocycles. The zero-order valence-corrected chi connectivity index (χ0v) is 17.7. The minimum absolute atomic E-state index is 0.149. The summed E-state index contributed by atoms with van der Waals surface area (Å²) in [6, 6.07) is 10.9. The summed E-state index contributed by atoms with van der Waals surface area (Å²) in [5.74, 6) is 2.77. The lowest BCUT2D eigenvalue weighted by atomic mass is 10.0. The van der Waals surface area contributed by atoms with Crippen molar-refractivity contribution in [3.8, 4) is 17.2 Å². The molecule has 0 saturated heterocycles. The lowest BCUT2D eigenvalue weighted by Crippen LogP contribution is -2.31. The second kappa shape index (κ2) is 7.70. The Hall–Kier alpha value is -3.26. The third-order valence-corrected chi connectivity index (χ3v) is 5.85. The average molecular weight is 452 g/mol. The molecule has 0 N–H and O–H groups in total. The molecule has 2 aromatic carbocycles. The summed E-state index contributed by atoms with van der Waals surface area (Å²) < 4.78 is 28.4. The summed E-state index contributed by atoms with van der Waals surface area (Å²) in [5.41, 5.74) is 2.86. The van der Waals surface area contributed by atoms with Gasteiger partial charge in [-0.25, -0.2) is 0 Å². The number of furan rings is 1. The van der Waals surface area contributed by atoms with Gasteiger partial charge < -0.3 is 23.4 Å². The fourth-order valence-corrected chi connectivity index (χ4v) is 4.44. The van der Waals surface area contributed by atoms with Crippen molar-refractivity contribution in [1.82, 2.24) is 4.90 Å². The van der Waals surface area contributed by atoms with E-state index in [-0.39, 0.29) is 18.3 Å². The summed E-state index contributed by atoms with van der Waals surface area (Å²) in [4.78, 5) is 15.2. The number of halogens is 1. The number of hydrogen-bond acceptors (Lipinski definition) is 7. The van der Waals surface area contributed by atoms with Crippen LogP contribution >= 0.6 is 11.6 Å². The zero-order valence-electron chi connectivity index (χ0n) is 16.9. The van der Waals surface area contributed by atoms with E-state index in [9.17, 15) is 4.79 Å². The Labute approximate surface area is 188 Å². The number of fused-ring (bicyclic) bond motifs is 4. The van der Waals surface area contributed by atoms with E-state index in [0.29, 0.717) is 59.8 Å². The number of nitrogens with zero attached hydrogens (tertiary/aromatic N) is 1. The Morgan fingerprint density at radius 1 is 1.12 bits per heavy atom. The molecule has 0 fully saturated rings. The molecule has 7 nitrogen and oxygen atoms in total. The van der Waals surface area contributed by atoms with Gasteiger partial charge in [0.25, 0.3) is 0 Å². The first-order chi connectivity index (χ1) is 15.7. The van der Waals surface area contributed by atoms with Gasteiger partial charge in [-0.2, -0.15) is 0 Å². The largest absolute Gasteiger partial charge is 0.478 e. The number of ketones is 1. The molecule has 8 heteroatoms. The molecular weight excluding hydrogens is 434 g/mol. The van der Waals surface area contributed by atoms with Gasteiger partial charge in [0, 0.05) is 22.7 Å². The zero-order chi connectivity index (χ0) is 21.7. The van der Waals surface area contributed by atoms with Crippen molar-refractivity contribution < 1.29 is 28.2 Å². The summed E-state index contributed by atoms with van der Waals surface area (Å²) in [6.07, 6.45) is 3.32. The van der Waals surface area contributed by atoms with Crippen molar-refractivity contribution >= 4 is 23.5 Å². The monoisotopic (exact) mass is 451 g/mol. The van der Waals surface area contributed by atoms with E-state index >= 15 is 0 Å². The molecule has 0 bridgehead atoms. The minimum Gasteiger partial charge on any atom is -0.478 e. The van der Waals surface area contributed by atoms with E-state index in [1.165, 1.54) is 0 Å². The Morgan fingerprint density at radius 2 is 2.06 bits per heavy atom. The number of rotatable bonds is 3. The lowest BCUT2D eigenvalue weighted by Gasteiger charge is -2.29. The summed E-state index contributed by atoms with van der Waals surface area (Å²) in [6.45, 7) is 2.15. The predicted octanol–water partition coefficient (Wildman–Crippen LogP) is 4.77. The topological polar surface area (TPSA) is 70.4 Å². The van der Waals surface area contributed by atoms with Crippen LogP contribution in [-0.2, 0) is 24.4 Å². The van der Waals surface area contributed by atoms with Crippen LogP contribution in [0, 0.1) is 0 Å². The van der Waals surface area contributed by atoms with E-state index in [0.717, 1.165) is 16.9 Å². The summed E-state index contributed by atoms with van der Waals surface area (Å²) >= 11 is 6.27. The van der Waals surface area contributed by atoms with E-state index in [1.54, 1.807) is 30.5 Å². The van der Waals surface area contributed by atoms with Crippen LogP contribution in [0.4, 0.5) is 0 Å². The number of benzene rings is 2. The first-order valence-corrected chi connectivity index (χ1v) is 10.5. The third kappa shape index (κ3) is 3.35. The van der Waals surface area contributed by atoms with Crippen molar-refractivity contribution in [2.75, 3.05) is 13.5 Å². The van der Waals surface area contributed by atoms with Crippen molar-refractivity contribution in [2.45, 2.75) is 19.7 Å². The van der Waals surface area contributed by atoms with Gasteiger partial charge in [-0.15, -0.1) is 0 Å². The van der Waals surface area contributed by atoms with Crippen LogP contribution < -0.4 is 14.2 Å². The molecule has 0 spiro atoms. The molecule has 3 aliphatic heterocycles. The average Bonchev–Trinajstić information content (AvgIpc) is 3.42. The molecule has 6 rings (SSSR count). The van der Waals surface area contributed by atoms with Gasteiger partial charge in [-0.3, -0.25) is 9.69 Å². The van der Waals surface area contributed by atoms with Crippen LogP contribution in [0.5, 0.6) is 17.2 Å². The molecule has 1 aromatic heterocycles. The molecule has 0 amide bonds. The first kappa shape index (κ1) is 19.4. The Balaban J connectivity index is 1.33. The van der Waals surface area contributed by atoms with Gasteiger partial charge >= 0.3 is 0 Å². The van der Waals surface area contributed by atoms with Crippen LogP contribution in [0.2, 0.25) is 5.02 Å². The van der Waals surface area contributed by atoms with Crippen molar-refractivity contribution in [3.63, 3.8) is 0 Å². The molecule has 3 aliphatic rings. The number of Topliss-reactive ketones (excluding diaryl/α,β-unsaturated/α-hetero) is 1. The van der Waals surface area contributed by atoms with E-state index in [4.69, 9.17) is 35.0 Å². The summed E-state index contributed by atoms with van der Waals surface area (Å²) in [7, 11) is 0. The molecule has 0 atom stereocenters. The standard InChI is InChI=1S/C24H18ClNO6/c25-16-6-14(23-15(7-16)11-28-13-31-23)8-21-22(27)18-3-4-20-19(24(18)32-21)10-26(12-30-20)9-17-2-1-5-29-17/h1-8H,9-13H2/b21-8-. The maximum Gasteiger partial charge on any atom is 0.231 e. The molecule has 4 heterocycles. The highest BCUT2D eigenvalue weighted by Gasteiger charge is 2.34. The van der Waals surface area contributed by atoms with Crippen molar-refractivity contribution in [3.05, 3.63) is 81.5 Å². The maximum atomic E-state index is 13.1. The second-order valence-corrected chi connectivity index (χ2v) is 8.23. The molecule has 32 heavy (non-hydrogen) atoms. The van der Waals surface area contributed by atoms with E-state index in [2.05, 4.69) is 4.90 Å². The highest BCUT2D eigenvalue weighted by atomic mass is 35.5. The molecular formula is C24H18ClNO6. The Bertz CT molecular complexity index is 1250. The lowest BCUT2D eigenvalue weighted by molar-refractivity contribution is -0.0165. The molecule has 162 valence electrons. The van der Waals surface area contributed by atoms with Gasteiger partial charge in [-0.1, -0.05) is 11.6 Å². The molecule has 0 saturated carbocycles. The van der Waals surface area contributed by atoms with Gasteiger partial charge in [0.1, 0.15) is 29.7 Å². The smallest absolute Gasteiger partial charge is 0.231 e. The van der Waals surface area contributed by atoms with E-state index in [1.807, 2.05) is 18.2 Å². The molecule has 0 radical (unpaired) electrons. The fraction of sp³-hybridized carbons (Fsp3) is 0.208. The minimum atomic E-state index is -0.188. The van der Waals surface area contributed by atoms with Crippen LogP contribution in [-0.4, -0.2) is 24.2 Å². The fourth-order valence-electron chi connectivity index (χ4n) is 4.19. The van der Waals surface area contributed by atoms with Crippen LogP contribution in [0.3, 0.4) is 0 Å². The van der Waals surface area contributed by atoms with Gasteiger partial charge in [-0.05, 0) is 42.5 Å². The predicted molar refractivity (Wildman–Crippen MR) is 115 cm³/mol. The van der Waals surface area contributed by atoms with E-state index < -0.39 is 0 Å². The SMILES string of the molecule is O=C1/C(=C/c2cc(Cl)cc3c2OCOC3)Oc2c1ccc1c2CN(Cc2ccco2)CO1. The van der Waals surface area contributed by atoms with Crippen LogP contribution in [0.25, 0.3) is 6.08 Å². The van der Waals surface area contributed by atoms with Gasteiger partial charge in [0.2, 0.25) is 5.78 Å². The Kier molecular flexibility index (Phi) is 4.68. The Morgan fingerprint density at radius 3 is 2.94 bits per heavy atom. The number of allylic oxidation sites excluding steroid dienone is 1. The van der Waals surface area contributed by atoms with Crippen molar-refractivity contribution in [2.24, 2.45) is 0 Å². The molecule has 0 unspecified atom stereocenters. The summed E-state index contributed by atoms with van der Waals surface area (Å²) in [5, 5.41) is 0.534. The first-order valence-electron chi connectivity index (χ1n) is 10.2. The highest BCUT2D eigenvalue weighted by Crippen LogP contribution is 2.43. The number of carbonyl (C=O) groups excluding carboxylic acids is 1. The quantitative estimate of drug-likeness (QED) is 0.531. The van der Waals surface area contributed by atoms with Crippen LogP contribution in [0.1, 0.15) is 32.8 Å². The van der Waals surface area contributed by atoms with Gasteiger partial charge in [0.15, 0.2) is 12.6 Å². The molecule has 3 aromatic rings. The maximum absolute atomic E-state index is 13.1. The number of ether oxygens (including phenoxy) is 4. The highest BCUT2D eigenvalue weighted by molar-refractivity contribution is 6.31. The number of hydrogen-bond donors (Lipinski definition) is 0. The van der Waals surface area contributed by atoms with Gasteiger partial charge in [0.05, 0.1) is 30.5 Å². The van der Waals surface area contributed by atoms with Crippen LogP contribution in [0.15, 0.2) is 52.8 Å². The normalized spacial score (nSPS) is 18.4. The second-order valence-electron chi connectivity index (χ2n) is 7.79. The third-order valence-electron chi connectivity index (χ3n) is 5.63.